The Morgan fingerprint density at radius 2 is 2.00 bits per heavy atom. The number of nitrogens with one attached hydrogen (secondary N) is 1. The summed E-state index contributed by atoms with van der Waals surface area (Å²) in [6, 6.07) is 4.22. The van der Waals surface area contributed by atoms with Crippen LogP contribution in [-0.4, -0.2) is 64.8 Å². The molecule has 1 aromatic rings. The number of nitro groups is 1. The molecule has 1 saturated heterocycles. The molecule has 11 heteroatoms. The van der Waals surface area contributed by atoms with E-state index >= 15 is 0 Å². The summed E-state index contributed by atoms with van der Waals surface area (Å²) in [6.45, 7) is 6.37. The number of benzene rings is 1. The van der Waals surface area contributed by atoms with Gasteiger partial charge in [0.2, 0.25) is 0 Å². The molecule has 3 aliphatic heterocycles. The molecule has 0 radical (unpaired) electrons. The SMILES string of the molecule is CC(C)(C)OC(=O)NC1CN(C2=Nc3ccc([N+](=O)[O-])cc3N3CC(=O)N=C23)C1. The highest BCUT2D eigenvalue weighted by atomic mass is 16.6. The third-order valence-corrected chi connectivity index (χ3v) is 4.57. The van der Waals surface area contributed by atoms with Crippen LogP contribution in [0.5, 0.6) is 0 Å². The summed E-state index contributed by atoms with van der Waals surface area (Å²) >= 11 is 0. The Kier molecular flexibility index (Phi) is 4.25. The van der Waals surface area contributed by atoms with Gasteiger partial charge in [-0.3, -0.25) is 14.9 Å². The first-order valence-corrected chi connectivity index (χ1v) is 9.12. The van der Waals surface area contributed by atoms with Gasteiger partial charge in [0.05, 0.1) is 22.3 Å². The van der Waals surface area contributed by atoms with Crippen molar-refractivity contribution < 1.29 is 19.2 Å². The third kappa shape index (κ3) is 3.62. The van der Waals surface area contributed by atoms with Gasteiger partial charge < -0.3 is 19.9 Å². The lowest BCUT2D eigenvalue weighted by Gasteiger charge is -2.43. The van der Waals surface area contributed by atoms with Gasteiger partial charge in [0.1, 0.15) is 12.1 Å². The number of fused-ring (bicyclic) bond motifs is 3. The first-order valence-electron chi connectivity index (χ1n) is 9.12. The number of nitro benzene ring substituents is 1. The maximum atomic E-state index is 11.9. The molecule has 4 rings (SSSR count). The van der Waals surface area contributed by atoms with Crippen molar-refractivity contribution >= 4 is 40.7 Å². The summed E-state index contributed by atoms with van der Waals surface area (Å²) in [7, 11) is 0. The molecule has 2 amide bonds. The second-order valence-corrected chi connectivity index (χ2v) is 8.03. The molecule has 3 heterocycles. The fourth-order valence-corrected chi connectivity index (χ4v) is 3.32. The lowest BCUT2D eigenvalue weighted by atomic mass is 10.1. The van der Waals surface area contributed by atoms with E-state index in [4.69, 9.17) is 4.74 Å². The average Bonchev–Trinajstić information content (AvgIpc) is 2.97. The molecule has 0 unspecified atom stereocenters. The fourth-order valence-electron chi connectivity index (χ4n) is 3.32. The van der Waals surface area contributed by atoms with E-state index in [0.717, 1.165) is 0 Å². The Morgan fingerprint density at radius 3 is 2.66 bits per heavy atom. The van der Waals surface area contributed by atoms with Crippen LogP contribution < -0.4 is 10.2 Å². The van der Waals surface area contributed by atoms with Crippen LogP contribution >= 0.6 is 0 Å². The van der Waals surface area contributed by atoms with Gasteiger partial charge in [0.25, 0.3) is 11.6 Å². The van der Waals surface area contributed by atoms with Gasteiger partial charge in [-0.1, -0.05) is 0 Å². The van der Waals surface area contributed by atoms with Crippen LogP contribution in [0, 0.1) is 10.1 Å². The van der Waals surface area contributed by atoms with Crippen molar-refractivity contribution in [1.82, 2.24) is 10.2 Å². The lowest BCUT2D eigenvalue weighted by molar-refractivity contribution is -0.384. The molecule has 0 aliphatic carbocycles. The Hall–Kier alpha value is -3.50. The first kappa shape index (κ1) is 18.8. The van der Waals surface area contributed by atoms with E-state index in [9.17, 15) is 19.7 Å². The van der Waals surface area contributed by atoms with Gasteiger partial charge in [0, 0.05) is 25.2 Å². The maximum absolute atomic E-state index is 11.9. The number of alkyl carbamates (subject to hydrolysis) is 1. The lowest BCUT2D eigenvalue weighted by Crippen LogP contribution is -2.63. The predicted octanol–water partition coefficient (Wildman–Crippen LogP) is 1.59. The van der Waals surface area contributed by atoms with Crippen molar-refractivity contribution in [2.75, 3.05) is 24.5 Å². The number of rotatable bonds is 2. The van der Waals surface area contributed by atoms with E-state index in [0.29, 0.717) is 36.1 Å². The highest BCUT2D eigenvalue weighted by molar-refractivity contribution is 6.50. The van der Waals surface area contributed by atoms with Crippen LogP contribution in [0.25, 0.3) is 0 Å². The Labute approximate surface area is 166 Å². The number of ether oxygens (including phenoxy) is 1. The molecule has 0 saturated carbocycles. The van der Waals surface area contributed by atoms with E-state index < -0.39 is 16.6 Å². The summed E-state index contributed by atoms with van der Waals surface area (Å²) in [5.41, 5.74) is 0.359. The number of hydrogen-bond acceptors (Lipinski definition) is 8. The highest BCUT2D eigenvalue weighted by Crippen LogP contribution is 2.38. The Morgan fingerprint density at radius 1 is 1.28 bits per heavy atom. The van der Waals surface area contributed by atoms with E-state index in [1.165, 1.54) is 12.1 Å². The zero-order valence-corrected chi connectivity index (χ0v) is 16.2. The number of amidine groups is 2. The van der Waals surface area contributed by atoms with E-state index in [1.807, 2.05) is 4.90 Å². The van der Waals surface area contributed by atoms with Crippen molar-refractivity contribution in [3.63, 3.8) is 0 Å². The van der Waals surface area contributed by atoms with Crippen LogP contribution in [-0.2, 0) is 9.53 Å². The van der Waals surface area contributed by atoms with Gasteiger partial charge in [-0.2, -0.15) is 4.99 Å². The van der Waals surface area contributed by atoms with E-state index in [-0.39, 0.29) is 24.2 Å². The number of non-ortho nitro benzene ring substituents is 1. The smallest absolute Gasteiger partial charge is 0.407 e. The fraction of sp³-hybridized carbons (Fsp3) is 0.444. The average molecular weight is 400 g/mol. The molecule has 0 bridgehead atoms. The highest BCUT2D eigenvalue weighted by Gasteiger charge is 2.41. The molecule has 152 valence electrons. The summed E-state index contributed by atoms with van der Waals surface area (Å²) < 4.78 is 5.25. The number of amides is 2. The molecule has 11 nitrogen and oxygen atoms in total. The minimum Gasteiger partial charge on any atom is -0.444 e. The summed E-state index contributed by atoms with van der Waals surface area (Å²) in [5.74, 6) is 0.550. The minimum atomic E-state index is -0.577. The topological polar surface area (TPSA) is 130 Å². The van der Waals surface area contributed by atoms with Gasteiger partial charge >= 0.3 is 6.09 Å². The normalized spacial score (nSPS) is 18.4. The summed E-state index contributed by atoms with van der Waals surface area (Å²) in [5, 5.41) is 13.9. The third-order valence-electron chi connectivity index (χ3n) is 4.57. The van der Waals surface area contributed by atoms with Crippen LogP contribution in [0.2, 0.25) is 0 Å². The zero-order chi connectivity index (χ0) is 20.9. The second-order valence-electron chi connectivity index (χ2n) is 8.03. The van der Waals surface area contributed by atoms with Crippen LogP contribution in [0.15, 0.2) is 28.2 Å². The largest absolute Gasteiger partial charge is 0.444 e. The molecule has 0 aromatic heterocycles. The number of anilines is 1. The van der Waals surface area contributed by atoms with Gasteiger partial charge in [-0.05, 0) is 26.8 Å². The van der Waals surface area contributed by atoms with E-state index in [1.54, 1.807) is 31.7 Å². The maximum Gasteiger partial charge on any atom is 0.407 e. The number of aliphatic imine (C=N–C) groups is 2. The number of carbonyl (C=O) groups is 2. The van der Waals surface area contributed by atoms with Crippen molar-refractivity contribution in [2.45, 2.75) is 32.4 Å². The van der Waals surface area contributed by atoms with Crippen LogP contribution in [0.3, 0.4) is 0 Å². The standard InChI is InChI=1S/C18H20N6O5/c1-18(2,3)29-17(26)19-10-7-22(8-10)15-16-21-14(25)9-23(16)13-6-11(24(27)28)4-5-12(13)20-15/h4-6,10H,7-9H2,1-3H3,(H,19,26). The number of nitrogens with zero attached hydrogens (tertiary/aromatic N) is 5. The second kappa shape index (κ2) is 6.54. The van der Waals surface area contributed by atoms with Crippen molar-refractivity contribution in [3.8, 4) is 0 Å². The monoisotopic (exact) mass is 400 g/mol. The first-order chi connectivity index (χ1) is 13.6. The Balaban J connectivity index is 1.52. The zero-order valence-electron chi connectivity index (χ0n) is 16.2. The molecule has 1 N–H and O–H groups in total. The molecular formula is C18H20N6O5. The Bertz CT molecular complexity index is 973. The van der Waals surface area contributed by atoms with Gasteiger partial charge in [-0.25, -0.2) is 9.79 Å². The molecule has 1 aromatic carbocycles. The summed E-state index contributed by atoms with van der Waals surface area (Å²) in [4.78, 5) is 46.6. The van der Waals surface area contributed by atoms with Gasteiger partial charge in [-0.15, -0.1) is 0 Å². The molecule has 0 spiro atoms. The van der Waals surface area contributed by atoms with E-state index in [2.05, 4.69) is 15.3 Å². The van der Waals surface area contributed by atoms with Gasteiger partial charge in [0.15, 0.2) is 11.7 Å². The van der Waals surface area contributed by atoms with Crippen molar-refractivity contribution in [1.29, 1.82) is 0 Å². The van der Waals surface area contributed by atoms with Crippen molar-refractivity contribution in [3.05, 3.63) is 28.3 Å². The van der Waals surface area contributed by atoms with Crippen molar-refractivity contribution in [2.24, 2.45) is 9.98 Å². The molecule has 0 atom stereocenters. The molecular weight excluding hydrogens is 380 g/mol. The number of carbonyl (C=O) groups excluding carboxylic acids is 2. The minimum absolute atomic E-state index is 0.00987. The number of likely N-dealkylation sites (tertiary alicyclic amines) is 1. The van der Waals surface area contributed by atoms with Crippen LogP contribution in [0.1, 0.15) is 20.8 Å². The quantitative estimate of drug-likeness (QED) is 0.589. The molecule has 3 aliphatic rings. The number of hydrogen-bond donors (Lipinski definition) is 1. The predicted molar refractivity (Wildman–Crippen MR) is 105 cm³/mol. The van der Waals surface area contributed by atoms with Crippen LogP contribution in [0.4, 0.5) is 21.9 Å². The molecule has 29 heavy (non-hydrogen) atoms. The molecule has 1 fully saturated rings. The summed E-state index contributed by atoms with van der Waals surface area (Å²) in [6.07, 6.45) is -0.486.